The molecule has 1 spiro atoms. The lowest BCUT2D eigenvalue weighted by Gasteiger charge is -2.36. The van der Waals surface area contributed by atoms with Gasteiger partial charge in [0.25, 0.3) is 0 Å². The van der Waals surface area contributed by atoms with E-state index in [0.29, 0.717) is 13.2 Å². The van der Waals surface area contributed by atoms with Gasteiger partial charge in [0.05, 0.1) is 13.0 Å². The highest BCUT2D eigenvalue weighted by Gasteiger charge is 2.43. The summed E-state index contributed by atoms with van der Waals surface area (Å²) in [7, 11) is 0. The second-order valence-corrected chi connectivity index (χ2v) is 6.12. The van der Waals surface area contributed by atoms with Crippen LogP contribution in [0.2, 0.25) is 0 Å². The average molecular weight is 305 g/mol. The van der Waals surface area contributed by atoms with Gasteiger partial charge in [-0.2, -0.15) is 0 Å². The normalized spacial score (nSPS) is 24.0. The molecule has 0 amide bonds. The van der Waals surface area contributed by atoms with E-state index in [-0.39, 0.29) is 12.0 Å². The highest BCUT2D eigenvalue weighted by atomic mass is 16.5. The van der Waals surface area contributed by atoms with Gasteiger partial charge in [0.15, 0.2) is 0 Å². The Morgan fingerprint density at radius 3 is 3.09 bits per heavy atom. The maximum atomic E-state index is 10.7. The van der Waals surface area contributed by atoms with Gasteiger partial charge < -0.3 is 14.6 Å². The van der Waals surface area contributed by atoms with Crippen LogP contribution in [-0.4, -0.2) is 47.8 Å². The molecule has 0 saturated carbocycles. The summed E-state index contributed by atoms with van der Waals surface area (Å²) in [6.45, 7) is 4.98. The molecular weight excluding hydrogens is 282 g/mol. The second-order valence-electron chi connectivity index (χ2n) is 6.12. The zero-order valence-corrected chi connectivity index (χ0v) is 13.0. The van der Waals surface area contributed by atoms with Crippen molar-refractivity contribution < 1.29 is 19.4 Å². The van der Waals surface area contributed by atoms with Gasteiger partial charge in [-0.25, -0.2) is 0 Å². The quantitative estimate of drug-likeness (QED) is 0.905. The summed E-state index contributed by atoms with van der Waals surface area (Å²) >= 11 is 0. The number of aliphatic carboxylic acids is 1. The number of fused-ring (bicyclic) bond motifs is 1. The molecule has 120 valence electrons. The molecule has 1 unspecified atom stereocenters. The molecule has 1 saturated heterocycles. The zero-order valence-electron chi connectivity index (χ0n) is 13.0. The number of carbonyl (C=O) groups is 1. The molecule has 1 N–H and O–H groups in total. The Bertz CT molecular complexity index is 560. The summed E-state index contributed by atoms with van der Waals surface area (Å²) in [5.74, 6) is 1.12. The summed E-state index contributed by atoms with van der Waals surface area (Å²) in [6, 6.07) is 5.98. The largest absolute Gasteiger partial charge is 0.493 e. The van der Waals surface area contributed by atoms with Gasteiger partial charge in [-0.15, -0.1) is 0 Å². The van der Waals surface area contributed by atoms with Crippen LogP contribution in [-0.2, 0) is 11.2 Å². The Morgan fingerprint density at radius 1 is 1.45 bits per heavy atom. The van der Waals surface area contributed by atoms with Crippen LogP contribution in [0.5, 0.6) is 11.5 Å². The number of rotatable bonds is 5. The molecule has 2 aliphatic heterocycles. The number of likely N-dealkylation sites (tertiary alicyclic amines) is 1. The third-order valence-corrected chi connectivity index (χ3v) is 4.58. The van der Waals surface area contributed by atoms with Crippen LogP contribution >= 0.6 is 0 Å². The van der Waals surface area contributed by atoms with Crippen molar-refractivity contribution in [2.45, 2.75) is 38.2 Å². The minimum Gasteiger partial charge on any atom is -0.493 e. The van der Waals surface area contributed by atoms with Crippen molar-refractivity contribution in [1.82, 2.24) is 4.90 Å². The smallest absolute Gasteiger partial charge is 0.304 e. The monoisotopic (exact) mass is 305 g/mol. The molecule has 0 aromatic heterocycles. The van der Waals surface area contributed by atoms with Crippen molar-refractivity contribution in [3.8, 4) is 11.5 Å². The van der Waals surface area contributed by atoms with Gasteiger partial charge in [-0.1, -0.05) is 6.07 Å². The summed E-state index contributed by atoms with van der Waals surface area (Å²) in [6.07, 6.45) is 3.08. The van der Waals surface area contributed by atoms with Crippen LogP contribution in [0.15, 0.2) is 18.2 Å². The minimum absolute atomic E-state index is 0.156. The number of benzene rings is 1. The van der Waals surface area contributed by atoms with Gasteiger partial charge in [0, 0.05) is 31.6 Å². The fraction of sp³-hybridized carbons (Fsp3) is 0.588. The Balaban J connectivity index is 1.69. The summed E-state index contributed by atoms with van der Waals surface area (Å²) in [4.78, 5) is 12.9. The van der Waals surface area contributed by atoms with E-state index in [0.717, 1.165) is 43.9 Å². The highest BCUT2D eigenvalue weighted by Crippen LogP contribution is 2.42. The molecule has 2 heterocycles. The number of carboxylic acid groups (broad SMARTS) is 1. The SMILES string of the molecule is CCOc1cccc2c1CCC1(CCN(CCC(=O)O)C1)O2. The van der Waals surface area contributed by atoms with E-state index in [1.54, 1.807) is 0 Å². The van der Waals surface area contributed by atoms with E-state index >= 15 is 0 Å². The third-order valence-electron chi connectivity index (χ3n) is 4.58. The molecule has 5 heteroatoms. The van der Waals surface area contributed by atoms with Crippen LogP contribution in [0.3, 0.4) is 0 Å². The summed E-state index contributed by atoms with van der Waals surface area (Å²) < 4.78 is 12.0. The number of nitrogens with zero attached hydrogens (tertiary/aromatic N) is 1. The highest BCUT2D eigenvalue weighted by molar-refractivity contribution is 5.66. The van der Waals surface area contributed by atoms with E-state index in [4.69, 9.17) is 14.6 Å². The van der Waals surface area contributed by atoms with Crippen molar-refractivity contribution in [2.75, 3.05) is 26.2 Å². The maximum absolute atomic E-state index is 10.7. The first-order chi connectivity index (χ1) is 10.6. The fourth-order valence-corrected chi connectivity index (χ4v) is 3.47. The van der Waals surface area contributed by atoms with E-state index in [1.165, 1.54) is 5.56 Å². The predicted molar refractivity (Wildman–Crippen MR) is 82.6 cm³/mol. The Kier molecular flexibility index (Phi) is 4.25. The lowest BCUT2D eigenvalue weighted by molar-refractivity contribution is -0.137. The van der Waals surface area contributed by atoms with E-state index in [9.17, 15) is 4.79 Å². The Morgan fingerprint density at radius 2 is 2.32 bits per heavy atom. The third kappa shape index (κ3) is 3.04. The molecule has 2 aliphatic rings. The summed E-state index contributed by atoms with van der Waals surface area (Å²) in [5.41, 5.74) is 1.01. The zero-order chi connectivity index (χ0) is 15.6. The predicted octanol–water partition coefficient (Wildman–Crippen LogP) is 2.33. The van der Waals surface area contributed by atoms with Gasteiger partial charge in [0.1, 0.15) is 17.1 Å². The molecule has 3 rings (SSSR count). The van der Waals surface area contributed by atoms with Crippen molar-refractivity contribution in [1.29, 1.82) is 0 Å². The molecule has 22 heavy (non-hydrogen) atoms. The van der Waals surface area contributed by atoms with Crippen molar-refractivity contribution in [3.63, 3.8) is 0 Å². The van der Waals surface area contributed by atoms with Crippen LogP contribution in [0, 0.1) is 0 Å². The Hall–Kier alpha value is -1.75. The number of hydrogen-bond donors (Lipinski definition) is 1. The number of hydrogen-bond acceptors (Lipinski definition) is 4. The van der Waals surface area contributed by atoms with Crippen LogP contribution in [0.1, 0.15) is 31.7 Å². The van der Waals surface area contributed by atoms with Crippen LogP contribution in [0.4, 0.5) is 0 Å². The van der Waals surface area contributed by atoms with Gasteiger partial charge in [0.2, 0.25) is 0 Å². The molecule has 0 aliphatic carbocycles. The van der Waals surface area contributed by atoms with Crippen molar-refractivity contribution in [2.24, 2.45) is 0 Å². The molecule has 5 nitrogen and oxygen atoms in total. The van der Waals surface area contributed by atoms with Gasteiger partial charge >= 0.3 is 5.97 Å². The molecule has 1 fully saturated rings. The van der Waals surface area contributed by atoms with Crippen molar-refractivity contribution in [3.05, 3.63) is 23.8 Å². The summed E-state index contributed by atoms with van der Waals surface area (Å²) in [5, 5.41) is 8.82. The molecular formula is C17H23NO4. The average Bonchev–Trinajstić information content (AvgIpc) is 2.88. The lowest BCUT2D eigenvalue weighted by atomic mass is 9.90. The Labute approximate surface area is 130 Å². The molecule has 1 atom stereocenters. The standard InChI is InChI=1S/C17H23NO4/c1-2-21-14-4-3-5-15-13(14)6-8-17(22-15)9-11-18(12-17)10-7-16(19)20/h3-5H,2,6-12H2,1H3,(H,19,20). The van der Waals surface area contributed by atoms with E-state index in [1.807, 2.05) is 25.1 Å². The first-order valence-electron chi connectivity index (χ1n) is 8.00. The molecule has 1 aromatic rings. The topological polar surface area (TPSA) is 59.0 Å². The minimum atomic E-state index is -0.739. The molecule has 1 aromatic carbocycles. The lowest BCUT2D eigenvalue weighted by Crippen LogP contribution is -2.42. The number of carboxylic acids is 1. The molecule has 0 bridgehead atoms. The number of ether oxygens (including phenoxy) is 2. The first kappa shape index (κ1) is 15.2. The van der Waals surface area contributed by atoms with Crippen LogP contribution < -0.4 is 9.47 Å². The van der Waals surface area contributed by atoms with E-state index < -0.39 is 5.97 Å². The van der Waals surface area contributed by atoms with E-state index in [2.05, 4.69) is 4.90 Å². The van der Waals surface area contributed by atoms with Crippen LogP contribution in [0.25, 0.3) is 0 Å². The van der Waals surface area contributed by atoms with Crippen molar-refractivity contribution >= 4 is 5.97 Å². The van der Waals surface area contributed by atoms with Gasteiger partial charge in [-0.05, 0) is 31.9 Å². The second kappa shape index (κ2) is 6.16. The maximum Gasteiger partial charge on any atom is 0.304 e. The van der Waals surface area contributed by atoms with Gasteiger partial charge in [-0.3, -0.25) is 9.69 Å². The fourth-order valence-electron chi connectivity index (χ4n) is 3.47. The molecule has 0 radical (unpaired) electrons. The first-order valence-corrected chi connectivity index (χ1v) is 8.00.